The van der Waals surface area contributed by atoms with E-state index in [-0.39, 0.29) is 10.1 Å². The Bertz CT molecular complexity index is 482. The predicted molar refractivity (Wildman–Crippen MR) is 72.5 cm³/mol. The van der Waals surface area contributed by atoms with Crippen LogP contribution in [0.15, 0.2) is 35.2 Å². The summed E-state index contributed by atoms with van der Waals surface area (Å²) in [7, 11) is -4.00. The standard InChI is InChI=1S/C6H6O3S.C6H10OS/c7-10(8,9)6-4-2-1-3-5-6;7-5-3-1-2-4-6(5)8/h1-5H,(H,7,8,9);6,8H,1-4H2. The van der Waals surface area contributed by atoms with Gasteiger partial charge in [-0.15, -0.1) is 0 Å². The number of benzene rings is 1. The zero-order valence-electron chi connectivity index (χ0n) is 9.82. The molecule has 1 N–H and O–H groups in total. The van der Waals surface area contributed by atoms with E-state index in [1.54, 1.807) is 18.2 Å². The van der Waals surface area contributed by atoms with E-state index in [2.05, 4.69) is 12.6 Å². The second-order valence-corrected chi connectivity index (χ2v) is 6.06. The number of hydrogen-bond acceptors (Lipinski definition) is 4. The molecule has 1 unspecified atom stereocenters. The van der Waals surface area contributed by atoms with E-state index >= 15 is 0 Å². The molecule has 0 heterocycles. The third-order valence-electron chi connectivity index (χ3n) is 2.56. The molecule has 100 valence electrons. The smallest absolute Gasteiger partial charge is 0.294 e. The Morgan fingerprint density at radius 2 is 1.78 bits per heavy atom. The molecule has 1 aromatic rings. The summed E-state index contributed by atoms with van der Waals surface area (Å²) in [5.74, 6) is 0.333. The fraction of sp³-hybridized carbons (Fsp3) is 0.417. The monoisotopic (exact) mass is 288 g/mol. The zero-order valence-corrected chi connectivity index (χ0v) is 11.5. The van der Waals surface area contributed by atoms with Crippen molar-refractivity contribution in [3.05, 3.63) is 30.3 Å². The van der Waals surface area contributed by atoms with Gasteiger partial charge >= 0.3 is 0 Å². The van der Waals surface area contributed by atoms with Crippen molar-refractivity contribution in [1.29, 1.82) is 0 Å². The van der Waals surface area contributed by atoms with Crippen LogP contribution in [0.4, 0.5) is 0 Å². The number of thiol groups is 1. The maximum absolute atomic E-state index is 10.7. The van der Waals surface area contributed by atoms with Gasteiger partial charge in [0.25, 0.3) is 10.1 Å². The Morgan fingerprint density at radius 3 is 2.11 bits per heavy atom. The van der Waals surface area contributed by atoms with Crippen molar-refractivity contribution in [3.8, 4) is 0 Å². The highest BCUT2D eigenvalue weighted by molar-refractivity contribution is 7.85. The lowest BCUT2D eigenvalue weighted by molar-refractivity contribution is -0.119. The molecule has 1 aromatic carbocycles. The number of rotatable bonds is 1. The Kier molecular flexibility index (Phi) is 5.84. The average Bonchev–Trinajstić information content (AvgIpc) is 2.34. The highest BCUT2D eigenvalue weighted by Gasteiger charge is 2.17. The van der Waals surface area contributed by atoms with Gasteiger partial charge in [0.1, 0.15) is 5.78 Å². The third kappa shape index (κ3) is 5.20. The Hall–Kier alpha value is -0.850. The first kappa shape index (κ1) is 15.2. The molecule has 0 radical (unpaired) electrons. The van der Waals surface area contributed by atoms with E-state index < -0.39 is 10.1 Å². The second kappa shape index (κ2) is 6.92. The molecule has 18 heavy (non-hydrogen) atoms. The summed E-state index contributed by atoms with van der Waals surface area (Å²) < 4.78 is 29.2. The van der Waals surface area contributed by atoms with Crippen molar-refractivity contribution in [2.45, 2.75) is 35.8 Å². The number of hydrogen-bond donors (Lipinski definition) is 2. The minimum absolute atomic E-state index is 0.0590. The topological polar surface area (TPSA) is 71.4 Å². The number of carbonyl (C=O) groups is 1. The minimum atomic E-state index is -4.00. The summed E-state index contributed by atoms with van der Waals surface area (Å²) >= 11 is 4.11. The van der Waals surface area contributed by atoms with Crippen LogP contribution in [-0.2, 0) is 14.9 Å². The van der Waals surface area contributed by atoms with Crippen molar-refractivity contribution < 1.29 is 17.8 Å². The van der Waals surface area contributed by atoms with Gasteiger partial charge in [-0.1, -0.05) is 24.6 Å². The minimum Gasteiger partial charge on any atom is -0.298 e. The lowest BCUT2D eigenvalue weighted by atomic mass is 9.99. The molecule has 0 amide bonds. The molecule has 0 aromatic heterocycles. The first-order valence-corrected chi connectivity index (χ1v) is 7.60. The Balaban J connectivity index is 0.000000184. The third-order valence-corrected chi connectivity index (χ3v) is 3.98. The van der Waals surface area contributed by atoms with E-state index in [1.807, 2.05) is 0 Å². The summed E-state index contributed by atoms with van der Waals surface area (Å²) in [6.07, 6.45) is 4.01. The molecule has 1 saturated carbocycles. The Morgan fingerprint density at radius 1 is 1.17 bits per heavy atom. The van der Waals surface area contributed by atoms with Gasteiger partial charge in [0, 0.05) is 6.42 Å². The van der Waals surface area contributed by atoms with E-state index in [4.69, 9.17) is 4.55 Å². The van der Waals surface area contributed by atoms with Gasteiger partial charge in [-0.2, -0.15) is 21.0 Å². The molecule has 0 bridgehead atoms. The SMILES string of the molecule is O=C1CCCCC1S.O=S(=O)(O)c1ccccc1. The van der Waals surface area contributed by atoms with Crippen molar-refractivity contribution in [1.82, 2.24) is 0 Å². The molecular formula is C12H16O4S2. The molecule has 1 fully saturated rings. The molecule has 0 aliphatic heterocycles. The first-order chi connectivity index (χ1) is 8.41. The second-order valence-electron chi connectivity index (χ2n) is 4.02. The molecule has 0 saturated heterocycles. The molecule has 6 heteroatoms. The van der Waals surface area contributed by atoms with Gasteiger partial charge in [0.2, 0.25) is 0 Å². The van der Waals surface area contributed by atoms with Crippen molar-refractivity contribution in [2.75, 3.05) is 0 Å². The number of Topliss-reactive ketones (excluding diaryl/α,β-unsaturated/α-hetero) is 1. The fourth-order valence-corrected chi connectivity index (χ4v) is 2.37. The van der Waals surface area contributed by atoms with Crippen LogP contribution in [0.1, 0.15) is 25.7 Å². The molecule has 1 aliphatic carbocycles. The fourth-order valence-electron chi connectivity index (χ4n) is 1.56. The van der Waals surface area contributed by atoms with Crippen LogP contribution < -0.4 is 0 Å². The summed E-state index contributed by atoms with van der Waals surface area (Å²) in [5.41, 5.74) is 0. The van der Waals surface area contributed by atoms with Crippen LogP contribution in [0.25, 0.3) is 0 Å². The molecular weight excluding hydrogens is 272 g/mol. The maximum atomic E-state index is 10.7. The lowest BCUT2D eigenvalue weighted by Crippen LogP contribution is -2.18. The van der Waals surface area contributed by atoms with Crippen LogP contribution in [0.3, 0.4) is 0 Å². The molecule has 1 aliphatic rings. The number of carbonyl (C=O) groups excluding carboxylic acids is 1. The highest BCUT2D eigenvalue weighted by Crippen LogP contribution is 2.18. The van der Waals surface area contributed by atoms with Crippen LogP contribution >= 0.6 is 12.6 Å². The van der Waals surface area contributed by atoms with E-state index in [1.165, 1.54) is 18.6 Å². The van der Waals surface area contributed by atoms with Crippen LogP contribution in [0.5, 0.6) is 0 Å². The highest BCUT2D eigenvalue weighted by atomic mass is 32.2. The summed E-state index contributed by atoms with van der Waals surface area (Å²) in [6, 6.07) is 7.42. The van der Waals surface area contributed by atoms with Gasteiger partial charge in [-0.05, 0) is 25.0 Å². The van der Waals surface area contributed by atoms with Crippen molar-refractivity contribution in [2.24, 2.45) is 0 Å². The van der Waals surface area contributed by atoms with Crippen molar-refractivity contribution in [3.63, 3.8) is 0 Å². The van der Waals surface area contributed by atoms with Crippen molar-refractivity contribution >= 4 is 28.5 Å². The van der Waals surface area contributed by atoms with Gasteiger partial charge in [0.05, 0.1) is 10.1 Å². The molecule has 2 rings (SSSR count). The van der Waals surface area contributed by atoms with Gasteiger partial charge in [0.15, 0.2) is 0 Å². The summed E-state index contributed by atoms with van der Waals surface area (Å²) in [6.45, 7) is 0. The molecule has 4 nitrogen and oxygen atoms in total. The maximum Gasteiger partial charge on any atom is 0.294 e. The van der Waals surface area contributed by atoms with Crippen LogP contribution in [0, 0.1) is 0 Å². The average molecular weight is 288 g/mol. The van der Waals surface area contributed by atoms with Crippen LogP contribution in [0.2, 0.25) is 0 Å². The van der Waals surface area contributed by atoms with Crippen LogP contribution in [-0.4, -0.2) is 24.0 Å². The summed E-state index contributed by atoms with van der Waals surface area (Å²) in [5, 5.41) is 0.0590. The number of ketones is 1. The Labute approximate surface area is 113 Å². The normalized spacial score (nSPS) is 19.9. The van der Waals surface area contributed by atoms with Gasteiger partial charge in [-0.3, -0.25) is 9.35 Å². The first-order valence-electron chi connectivity index (χ1n) is 5.64. The molecule has 1 atom stereocenters. The quantitative estimate of drug-likeness (QED) is 0.615. The van der Waals surface area contributed by atoms with E-state index in [0.29, 0.717) is 5.78 Å². The zero-order chi connectivity index (χ0) is 13.6. The predicted octanol–water partition coefficient (Wildman–Crippen LogP) is 2.36. The van der Waals surface area contributed by atoms with E-state index in [9.17, 15) is 13.2 Å². The lowest BCUT2D eigenvalue weighted by Gasteiger charge is -2.13. The largest absolute Gasteiger partial charge is 0.298 e. The summed E-state index contributed by atoms with van der Waals surface area (Å²) in [4.78, 5) is 10.6. The van der Waals surface area contributed by atoms with Gasteiger partial charge < -0.3 is 0 Å². The molecule has 0 spiro atoms. The van der Waals surface area contributed by atoms with E-state index in [0.717, 1.165) is 19.3 Å². The van der Waals surface area contributed by atoms with Gasteiger partial charge in [-0.25, -0.2) is 0 Å².